The van der Waals surface area contributed by atoms with Crippen LogP contribution in [-0.4, -0.2) is 35.9 Å². The van der Waals surface area contributed by atoms with Gasteiger partial charge in [-0.15, -0.1) is 0 Å². The van der Waals surface area contributed by atoms with Gasteiger partial charge in [0, 0.05) is 30.3 Å². The van der Waals surface area contributed by atoms with Crippen LogP contribution in [0.1, 0.15) is 57.4 Å². The fraction of sp³-hybridized carbons (Fsp3) is 0.652. The van der Waals surface area contributed by atoms with Crippen LogP contribution in [0.5, 0.6) is 11.5 Å². The molecule has 0 saturated heterocycles. The number of hydrogen-bond donors (Lipinski definition) is 0. The van der Waals surface area contributed by atoms with Gasteiger partial charge in [-0.2, -0.15) is 8.78 Å². The molecule has 5 nitrogen and oxygen atoms in total. The van der Waals surface area contributed by atoms with Crippen molar-refractivity contribution in [3.05, 3.63) is 23.8 Å². The fourth-order valence-corrected chi connectivity index (χ4v) is 5.00. The Hall–Kier alpha value is -2.18. The number of carbonyl (C=O) groups is 2. The van der Waals surface area contributed by atoms with E-state index < -0.39 is 6.61 Å². The highest BCUT2D eigenvalue weighted by molar-refractivity contribution is 5.88. The molecule has 1 aromatic carbocycles. The molecule has 30 heavy (non-hydrogen) atoms. The molecule has 0 spiro atoms. The van der Waals surface area contributed by atoms with Crippen LogP contribution in [0.25, 0.3) is 0 Å². The number of Topliss-reactive ketones (excluding diaryl/α,β-unsaturated/α-hetero) is 1. The van der Waals surface area contributed by atoms with Gasteiger partial charge in [0.05, 0.1) is 6.61 Å². The largest absolute Gasteiger partial charge is 0.490 e. The molecule has 2 unspecified atom stereocenters. The van der Waals surface area contributed by atoms with Crippen LogP contribution >= 0.6 is 0 Å². The van der Waals surface area contributed by atoms with E-state index in [0.717, 1.165) is 37.7 Å². The maximum absolute atomic E-state index is 13.4. The van der Waals surface area contributed by atoms with Gasteiger partial charge in [0.25, 0.3) is 0 Å². The predicted molar refractivity (Wildman–Crippen MR) is 106 cm³/mol. The molecule has 1 aromatic rings. The number of benzene rings is 1. The predicted octanol–water partition coefficient (Wildman–Crippen LogP) is 4.57. The van der Waals surface area contributed by atoms with Gasteiger partial charge in [-0.25, -0.2) is 0 Å². The summed E-state index contributed by atoms with van der Waals surface area (Å²) in [6.45, 7) is -0.404. The van der Waals surface area contributed by atoms with Crippen molar-refractivity contribution in [2.45, 2.75) is 71.1 Å². The van der Waals surface area contributed by atoms with Crippen molar-refractivity contribution in [1.82, 2.24) is 4.90 Å². The van der Waals surface area contributed by atoms with Crippen molar-refractivity contribution < 1.29 is 27.8 Å². The zero-order valence-electron chi connectivity index (χ0n) is 17.3. The quantitative estimate of drug-likeness (QED) is 0.617. The molecule has 0 radical (unpaired) electrons. The number of amides is 1. The summed E-state index contributed by atoms with van der Waals surface area (Å²) in [6.07, 6.45) is 6.20. The molecule has 3 aliphatic carbocycles. The second-order valence-corrected chi connectivity index (χ2v) is 8.69. The third-order valence-corrected chi connectivity index (χ3v) is 6.54. The lowest BCUT2D eigenvalue weighted by Crippen LogP contribution is -2.44. The molecule has 164 valence electrons. The van der Waals surface area contributed by atoms with Gasteiger partial charge in [-0.1, -0.05) is 12.5 Å². The summed E-state index contributed by atoms with van der Waals surface area (Å²) in [7, 11) is 0. The van der Waals surface area contributed by atoms with Crippen molar-refractivity contribution in [1.29, 1.82) is 0 Å². The molecule has 7 heteroatoms. The van der Waals surface area contributed by atoms with Gasteiger partial charge in [-0.05, 0) is 63.1 Å². The summed E-state index contributed by atoms with van der Waals surface area (Å²) < 4.78 is 35.3. The zero-order chi connectivity index (χ0) is 21.3. The highest BCUT2D eigenvalue weighted by Gasteiger charge is 2.44. The third-order valence-electron chi connectivity index (χ3n) is 6.54. The minimum Gasteiger partial charge on any atom is -0.490 e. The summed E-state index contributed by atoms with van der Waals surface area (Å²) in [5, 5.41) is 0. The highest BCUT2D eigenvalue weighted by Crippen LogP contribution is 2.42. The van der Waals surface area contributed by atoms with E-state index in [1.165, 1.54) is 6.07 Å². The molecule has 0 aliphatic heterocycles. The lowest BCUT2D eigenvalue weighted by molar-refractivity contribution is -0.144. The number of hydrogen-bond acceptors (Lipinski definition) is 4. The molecule has 2 bridgehead atoms. The Morgan fingerprint density at radius 1 is 1.13 bits per heavy atom. The lowest BCUT2D eigenvalue weighted by atomic mass is 9.67. The Bertz CT molecular complexity index is 779. The first-order valence-corrected chi connectivity index (χ1v) is 11.0. The maximum Gasteiger partial charge on any atom is 0.387 e. The number of carbonyl (C=O) groups excluding carboxylic acids is 2. The van der Waals surface area contributed by atoms with Gasteiger partial charge in [0.1, 0.15) is 5.78 Å². The third kappa shape index (κ3) is 4.60. The van der Waals surface area contributed by atoms with Crippen LogP contribution < -0.4 is 9.47 Å². The SMILES string of the molecule is CCOc1cc(CN(C(=O)C2CC3CCCC(C2)C3=O)C2CC2)ccc1OC(F)F. The van der Waals surface area contributed by atoms with E-state index in [2.05, 4.69) is 4.74 Å². The average molecular weight is 421 g/mol. The number of halogens is 2. The van der Waals surface area contributed by atoms with Crippen molar-refractivity contribution in [2.24, 2.45) is 17.8 Å². The van der Waals surface area contributed by atoms with E-state index in [1.54, 1.807) is 19.1 Å². The van der Waals surface area contributed by atoms with Crippen molar-refractivity contribution in [3.8, 4) is 11.5 Å². The standard InChI is InChI=1S/C23H29F2NO4/c1-2-29-20-10-14(6-9-19(20)30-23(24)25)13-26(18-7-8-18)22(28)17-11-15-4-3-5-16(12-17)21(15)27/h6,9-10,15-18,23H,2-5,7-8,11-13H2,1H3. The summed E-state index contributed by atoms with van der Waals surface area (Å²) >= 11 is 0. The fourth-order valence-electron chi connectivity index (χ4n) is 5.00. The van der Waals surface area contributed by atoms with Crippen molar-refractivity contribution >= 4 is 11.7 Å². The summed E-state index contributed by atoms with van der Waals surface area (Å²) in [5.41, 5.74) is 0.826. The number of nitrogens with zero attached hydrogens (tertiary/aromatic N) is 1. The van der Waals surface area contributed by atoms with Gasteiger partial charge >= 0.3 is 6.61 Å². The van der Waals surface area contributed by atoms with Gasteiger partial charge < -0.3 is 14.4 Å². The molecule has 4 rings (SSSR count). The van der Waals surface area contributed by atoms with Gasteiger partial charge in [-0.3, -0.25) is 9.59 Å². The number of ketones is 1. The van der Waals surface area contributed by atoms with E-state index in [1.807, 2.05) is 4.90 Å². The Kier molecular flexibility index (Phi) is 6.25. The number of ether oxygens (including phenoxy) is 2. The van der Waals surface area contributed by atoms with Crippen LogP contribution in [0.3, 0.4) is 0 Å². The average Bonchev–Trinajstić information content (AvgIpc) is 3.52. The minimum absolute atomic E-state index is 0.00137. The van der Waals surface area contributed by atoms with Gasteiger partial charge in [0.15, 0.2) is 11.5 Å². The van der Waals surface area contributed by atoms with Crippen LogP contribution in [0, 0.1) is 17.8 Å². The minimum atomic E-state index is -2.92. The monoisotopic (exact) mass is 421 g/mol. The second kappa shape index (κ2) is 8.90. The topological polar surface area (TPSA) is 55.8 Å². The normalized spacial score (nSPS) is 25.9. The summed E-state index contributed by atoms with van der Waals surface area (Å²) in [6, 6.07) is 5.10. The first-order chi connectivity index (χ1) is 14.5. The molecule has 0 heterocycles. The second-order valence-electron chi connectivity index (χ2n) is 8.69. The van der Waals surface area contributed by atoms with Crippen molar-refractivity contribution in [2.75, 3.05) is 6.61 Å². The first kappa shape index (κ1) is 21.1. The summed E-state index contributed by atoms with van der Waals surface area (Å²) in [4.78, 5) is 27.7. The van der Waals surface area contributed by atoms with E-state index in [9.17, 15) is 18.4 Å². The molecule has 0 N–H and O–H groups in total. The van der Waals surface area contributed by atoms with Crippen LogP contribution in [-0.2, 0) is 16.1 Å². The molecule has 3 aliphatic rings. The van der Waals surface area contributed by atoms with Crippen LogP contribution in [0.2, 0.25) is 0 Å². The highest BCUT2D eigenvalue weighted by atomic mass is 19.3. The summed E-state index contributed by atoms with van der Waals surface area (Å²) in [5.74, 6) is 0.749. The number of fused-ring (bicyclic) bond motifs is 2. The molecule has 2 atom stereocenters. The van der Waals surface area contributed by atoms with E-state index >= 15 is 0 Å². The molecular weight excluding hydrogens is 392 g/mol. The zero-order valence-corrected chi connectivity index (χ0v) is 17.3. The Balaban J connectivity index is 1.49. The van der Waals surface area contributed by atoms with E-state index in [4.69, 9.17) is 4.74 Å². The van der Waals surface area contributed by atoms with Crippen LogP contribution in [0.15, 0.2) is 18.2 Å². The molecule has 3 fully saturated rings. The number of rotatable bonds is 8. The Morgan fingerprint density at radius 3 is 2.43 bits per heavy atom. The number of alkyl halides is 2. The molecule has 3 saturated carbocycles. The molecule has 1 amide bonds. The lowest BCUT2D eigenvalue weighted by Gasteiger charge is -2.39. The Morgan fingerprint density at radius 2 is 1.83 bits per heavy atom. The Labute approximate surface area is 175 Å². The van der Waals surface area contributed by atoms with E-state index in [0.29, 0.717) is 31.8 Å². The van der Waals surface area contributed by atoms with Gasteiger partial charge in [0.2, 0.25) is 5.91 Å². The smallest absolute Gasteiger partial charge is 0.387 e. The van der Waals surface area contributed by atoms with Crippen LogP contribution in [0.4, 0.5) is 8.78 Å². The first-order valence-electron chi connectivity index (χ1n) is 11.0. The molecule has 0 aromatic heterocycles. The maximum atomic E-state index is 13.4. The molecular formula is C23H29F2NO4. The van der Waals surface area contributed by atoms with E-state index in [-0.39, 0.29) is 41.2 Å². The van der Waals surface area contributed by atoms with Crippen molar-refractivity contribution in [3.63, 3.8) is 0 Å².